The normalized spacial score (nSPS) is 10.1. The van der Waals surface area contributed by atoms with Gasteiger partial charge in [-0.3, -0.25) is 9.78 Å². The van der Waals surface area contributed by atoms with E-state index in [2.05, 4.69) is 10.3 Å². The molecule has 0 aliphatic rings. The molecule has 1 aromatic carbocycles. The van der Waals surface area contributed by atoms with Crippen LogP contribution in [0.1, 0.15) is 21.6 Å². The third kappa shape index (κ3) is 3.76. The summed E-state index contributed by atoms with van der Waals surface area (Å²) in [6.45, 7) is 0.411. The second kappa shape index (κ2) is 6.45. The van der Waals surface area contributed by atoms with Crippen LogP contribution in [0.3, 0.4) is 0 Å². The van der Waals surface area contributed by atoms with Crippen LogP contribution in [-0.2, 0) is 6.54 Å². The highest BCUT2D eigenvalue weighted by molar-refractivity contribution is 7.80. The summed E-state index contributed by atoms with van der Waals surface area (Å²) < 4.78 is 0. The monoisotopic (exact) mass is 305 g/mol. The molecule has 0 saturated carbocycles. The van der Waals surface area contributed by atoms with Crippen molar-refractivity contribution in [2.24, 2.45) is 5.73 Å². The molecule has 3 N–H and O–H groups in total. The standard InChI is InChI=1S/C14H12ClN3OS/c15-11-4-1-9(2-5-11)7-18-14(19)12-6-3-10(8-17-12)13(16)20/h1-6,8H,7H2,(H2,16,20)(H,18,19). The van der Waals surface area contributed by atoms with Crippen molar-refractivity contribution in [2.45, 2.75) is 6.54 Å². The molecule has 2 aromatic rings. The first-order chi connectivity index (χ1) is 9.56. The third-order valence-corrected chi connectivity index (χ3v) is 3.13. The van der Waals surface area contributed by atoms with Crippen LogP contribution in [0.25, 0.3) is 0 Å². The molecule has 0 aliphatic heterocycles. The molecule has 0 atom stereocenters. The lowest BCUT2D eigenvalue weighted by Crippen LogP contribution is -2.24. The Kier molecular flexibility index (Phi) is 4.65. The zero-order chi connectivity index (χ0) is 14.5. The van der Waals surface area contributed by atoms with Crippen molar-refractivity contribution in [1.82, 2.24) is 10.3 Å². The number of halogens is 1. The lowest BCUT2D eigenvalue weighted by Gasteiger charge is -2.05. The van der Waals surface area contributed by atoms with E-state index < -0.39 is 0 Å². The van der Waals surface area contributed by atoms with E-state index in [0.717, 1.165) is 5.56 Å². The smallest absolute Gasteiger partial charge is 0.270 e. The lowest BCUT2D eigenvalue weighted by atomic mass is 10.2. The van der Waals surface area contributed by atoms with Gasteiger partial charge < -0.3 is 11.1 Å². The van der Waals surface area contributed by atoms with Gasteiger partial charge in [-0.15, -0.1) is 0 Å². The van der Waals surface area contributed by atoms with E-state index in [4.69, 9.17) is 29.6 Å². The van der Waals surface area contributed by atoms with Gasteiger partial charge in [-0.25, -0.2) is 0 Å². The average molecular weight is 306 g/mol. The Labute approximate surface area is 127 Å². The van der Waals surface area contributed by atoms with Gasteiger partial charge >= 0.3 is 0 Å². The van der Waals surface area contributed by atoms with E-state index in [1.165, 1.54) is 6.20 Å². The van der Waals surface area contributed by atoms with Crippen LogP contribution in [0.5, 0.6) is 0 Å². The van der Waals surface area contributed by atoms with Gasteiger partial charge in [0, 0.05) is 23.3 Å². The molecular weight excluding hydrogens is 294 g/mol. The molecule has 0 unspecified atom stereocenters. The zero-order valence-corrected chi connectivity index (χ0v) is 12.0. The molecule has 0 radical (unpaired) electrons. The SMILES string of the molecule is NC(=S)c1ccc(C(=O)NCc2ccc(Cl)cc2)nc1. The molecule has 0 saturated heterocycles. The highest BCUT2D eigenvalue weighted by Gasteiger charge is 2.07. The minimum atomic E-state index is -0.255. The summed E-state index contributed by atoms with van der Waals surface area (Å²) >= 11 is 10.6. The van der Waals surface area contributed by atoms with E-state index in [9.17, 15) is 4.79 Å². The Balaban J connectivity index is 1.97. The number of benzene rings is 1. The molecule has 20 heavy (non-hydrogen) atoms. The van der Waals surface area contributed by atoms with E-state index in [1.54, 1.807) is 24.3 Å². The van der Waals surface area contributed by atoms with Gasteiger partial charge in [0.15, 0.2) is 0 Å². The number of nitrogens with two attached hydrogens (primary N) is 1. The first-order valence-electron chi connectivity index (χ1n) is 5.85. The predicted octanol–water partition coefficient (Wildman–Crippen LogP) is 2.30. The van der Waals surface area contributed by atoms with Crippen LogP contribution >= 0.6 is 23.8 Å². The van der Waals surface area contributed by atoms with Crippen LogP contribution in [0, 0.1) is 0 Å². The van der Waals surface area contributed by atoms with E-state index >= 15 is 0 Å². The fourth-order valence-corrected chi connectivity index (χ4v) is 1.80. The fraction of sp³-hybridized carbons (Fsp3) is 0.0714. The molecule has 0 spiro atoms. The largest absolute Gasteiger partial charge is 0.389 e. The number of pyridine rings is 1. The predicted molar refractivity (Wildman–Crippen MR) is 82.7 cm³/mol. The number of carbonyl (C=O) groups is 1. The number of hydrogen-bond acceptors (Lipinski definition) is 3. The maximum absolute atomic E-state index is 11.9. The maximum Gasteiger partial charge on any atom is 0.270 e. The quantitative estimate of drug-likeness (QED) is 0.851. The van der Waals surface area contributed by atoms with E-state index in [0.29, 0.717) is 22.8 Å². The van der Waals surface area contributed by atoms with Crippen LogP contribution < -0.4 is 11.1 Å². The Morgan fingerprint density at radius 1 is 1.25 bits per heavy atom. The first-order valence-corrected chi connectivity index (χ1v) is 6.63. The minimum absolute atomic E-state index is 0.255. The van der Waals surface area contributed by atoms with Gasteiger partial charge in [-0.05, 0) is 29.8 Å². The molecule has 1 heterocycles. The summed E-state index contributed by atoms with van der Waals surface area (Å²) in [5, 5.41) is 3.44. The van der Waals surface area contributed by atoms with Crippen molar-refractivity contribution in [3.8, 4) is 0 Å². The summed E-state index contributed by atoms with van der Waals surface area (Å²) in [6, 6.07) is 10.5. The molecule has 4 nitrogen and oxygen atoms in total. The number of hydrogen-bond donors (Lipinski definition) is 2. The minimum Gasteiger partial charge on any atom is -0.389 e. The average Bonchev–Trinajstić information content (AvgIpc) is 2.46. The van der Waals surface area contributed by atoms with Crippen molar-refractivity contribution < 1.29 is 4.79 Å². The molecule has 2 rings (SSSR count). The second-order valence-electron chi connectivity index (χ2n) is 4.11. The zero-order valence-electron chi connectivity index (χ0n) is 10.5. The first kappa shape index (κ1) is 14.4. The summed E-state index contributed by atoms with van der Waals surface area (Å²) in [5.41, 5.74) is 7.38. The van der Waals surface area contributed by atoms with Gasteiger partial charge in [-0.1, -0.05) is 36.0 Å². The van der Waals surface area contributed by atoms with E-state index in [1.807, 2.05) is 12.1 Å². The van der Waals surface area contributed by atoms with Gasteiger partial charge in [0.2, 0.25) is 0 Å². The highest BCUT2D eigenvalue weighted by atomic mass is 35.5. The van der Waals surface area contributed by atoms with Crippen LogP contribution in [0.4, 0.5) is 0 Å². The lowest BCUT2D eigenvalue weighted by molar-refractivity contribution is 0.0946. The summed E-state index contributed by atoms with van der Waals surface area (Å²) in [7, 11) is 0. The number of nitrogens with one attached hydrogen (secondary N) is 1. The van der Waals surface area contributed by atoms with Crippen molar-refractivity contribution in [1.29, 1.82) is 0 Å². The van der Waals surface area contributed by atoms with Crippen LogP contribution in [-0.4, -0.2) is 15.9 Å². The number of carbonyl (C=O) groups excluding carboxylic acids is 1. The number of aromatic nitrogens is 1. The van der Waals surface area contributed by atoms with Gasteiger partial charge in [0.1, 0.15) is 10.7 Å². The van der Waals surface area contributed by atoms with E-state index in [-0.39, 0.29) is 10.9 Å². The maximum atomic E-state index is 11.9. The topological polar surface area (TPSA) is 68.0 Å². The van der Waals surface area contributed by atoms with Crippen molar-refractivity contribution in [3.05, 3.63) is 64.4 Å². The Morgan fingerprint density at radius 2 is 1.95 bits per heavy atom. The molecule has 1 amide bonds. The Bertz CT molecular complexity index is 626. The molecule has 1 aromatic heterocycles. The van der Waals surface area contributed by atoms with Crippen LogP contribution in [0.2, 0.25) is 5.02 Å². The molecule has 0 aliphatic carbocycles. The number of rotatable bonds is 4. The molecule has 0 fully saturated rings. The second-order valence-corrected chi connectivity index (χ2v) is 4.98. The van der Waals surface area contributed by atoms with Gasteiger partial charge in [0.05, 0.1) is 0 Å². The number of thiocarbonyl (C=S) groups is 1. The molecule has 102 valence electrons. The fourth-order valence-electron chi connectivity index (χ4n) is 1.55. The third-order valence-electron chi connectivity index (χ3n) is 2.65. The van der Waals surface area contributed by atoms with Gasteiger partial charge in [0.25, 0.3) is 5.91 Å². The molecule has 6 heteroatoms. The van der Waals surface area contributed by atoms with Crippen LogP contribution in [0.15, 0.2) is 42.6 Å². The highest BCUT2D eigenvalue weighted by Crippen LogP contribution is 2.09. The summed E-state index contributed by atoms with van der Waals surface area (Å²) in [6.07, 6.45) is 1.49. The Hall–Kier alpha value is -1.98. The molecular formula is C14H12ClN3OS. The van der Waals surface area contributed by atoms with Crippen molar-refractivity contribution >= 4 is 34.7 Å². The summed E-state index contributed by atoms with van der Waals surface area (Å²) in [4.78, 5) is 16.2. The Morgan fingerprint density at radius 3 is 2.50 bits per heavy atom. The van der Waals surface area contributed by atoms with Crippen molar-refractivity contribution in [2.75, 3.05) is 0 Å². The van der Waals surface area contributed by atoms with Crippen molar-refractivity contribution in [3.63, 3.8) is 0 Å². The van der Waals surface area contributed by atoms with Gasteiger partial charge in [-0.2, -0.15) is 0 Å². The number of nitrogens with zero attached hydrogens (tertiary/aromatic N) is 1. The number of amides is 1. The molecule has 0 bridgehead atoms. The summed E-state index contributed by atoms with van der Waals surface area (Å²) in [5.74, 6) is -0.255.